The first kappa shape index (κ1) is 14.9. The van der Waals surface area contributed by atoms with E-state index in [4.69, 9.17) is 10.5 Å². The molecule has 0 atom stereocenters. The van der Waals surface area contributed by atoms with Crippen LogP contribution in [0, 0.1) is 13.8 Å². The Morgan fingerprint density at radius 3 is 2.67 bits per heavy atom. The molecule has 21 heavy (non-hydrogen) atoms. The minimum Gasteiger partial charge on any atom is -0.495 e. The van der Waals surface area contributed by atoms with Gasteiger partial charge in [-0.3, -0.25) is 4.79 Å². The molecule has 2 rings (SSSR count). The van der Waals surface area contributed by atoms with E-state index in [0.717, 1.165) is 16.7 Å². The third-order valence-electron chi connectivity index (χ3n) is 3.60. The first-order valence-electron chi connectivity index (χ1n) is 6.79. The summed E-state index contributed by atoms with van der Waals surface area (Å²) in [6.07, 6.45) is 0. The number of rotatable bonds is 4. The predicted molar refractivity (Wildman–Crippen MR) is 84.5 cm³/mol. The van der Waals surface area contributed by atoms with Crippen molar-refractivity contribution in [3.05, 3.63) is 58.7 Å². The van der Waals surface area contributed by atoms with Crippen LogP contribution in [0.25, 0.3) is 0 Å². The number of hydrogen-bond acceptors (Lipinski definition) is 3. The molecule has 2 aromatic rings. The second kappa shape index (κ2) is 6.31. The van der Waals surface area contributed by atoms with Crippen LogP contribution >= 0.6 is 0 Å². The van der Waals surface area contributed by atoms with Crippen molar-refractivity contribution in [1.29, 1.82) is 0 Å². The van der Waals surface area contributed by atoms with Crippen LogP contribution in [0.15, 0.2) is 36.4 Å². The zero-order valence-electron chi connectivity index (χ0n) is 12.6. The van der Waals surface area contributed by atoms with Crippen LogP contribution < -0.4 is 15.8 Å². The monoisotopic (exact) mass is 284 g/mol. The number of carbonyl (C=O) groups excluding carboxylic acids is 1. The summed E-state index contributed by atoms with van der Waals surface area (Å²) < 4.78 is 5.11. The molecule has 0 unspecified atom stereocenters. The van der Waals surface area contributed by atoms with Crippen molar-refractivity contribution in [3.8, 4) is 5.75 Å². The summed E-state index contributed by atoms with van der Waals surface area (Å²) >= 11 is 0. The molecule has 1 amide bonds. The van der Waals surface area contributed by atoms with Gasteiger partial charge in [0.25, 0.3) is 5.91 Å². The maximum Gasteiger partial charge on any atom is 0.251 e. The minimum atomic E-state index is -0.0782. The van der Waals surface area contributed by atoms with Gasteiger partial charge in [0.05, 0.1) is 12.8 Å². The Morgan fingerprint density at radius 2 is 2.00 bits per heavy atom. The zero-order valence-corrected chi connectivity index (χ0v) is 12.6. The number of hydrogen-bond donors (Lipinski definition) is 2. The number of amides is 1. The fourth-order valence-electron chi connectivity index (χ4n) is 2.17. The molecule has 0 saturated carbocycles. The van der Waals surface area contributed by atoms with Crippen molar-refractivity contribution >= 4 is 11.6 Å². The molecule has 110 valence electrons. The Balaban J connectivity index is 2.07. The summed E-state index contributed by atoms with van der Waals surface area (Å²) in [7, 11) is 1.58. The molecule has 3 N–H and O–H groups in total. The van der Waals surface area contributed by atoms with Crippen LogP contribution in [-0.4, -0.2) is 13.0 Å². The molecule has 4 nitrogen and oxygen atoms in total. The van der Waals surface area contributed by atoms with Gasteiger partial charge in [-0.2, -0.15) is 0 Å². The molecule has 4 heteroatoms. The van der Waals surface area contributed by atoms with E-state index in [2.05, 4.69) is 5.32 Å². The number of nitrogen functional groups attached to an aromatic ring is 1. The molecule has 0 aliphatic rings. The fraction of sp³-hybridized carbons (Fsp3) is 0.235. The van der Waals surface area contributed by atoms with Gasteiger partial charge in [-0.1, -0.05) is 18.2 Å². The van der Waals surface area contributed by atoms with Gasteiger partial charge in [0, 0.05) is 12.1 Å². The average Bonchev–Trinajstić information content (AvgIpc) is 2.47. The Kier molecular flexibility index (Phi) is 4.48. The molecule has 0 bridgehead atoms. The number of nitrogens with two attached hydrogens (primary N) is 1. The molecular weight excluding hydrogens is 264 g/mol. The van der Waals surface area contributed by atoms with Gasteiger partial charge in [0.1, 0.15) is 5.75 Å². The van der Waals surface area contributed by atoms with Crippen LogP contribution in [0.5, 0.6) is 5.75 Å². The molecule has 0 aromatic heterocycles. The molecule has 2 aromatic carbocycles. The summed E-state index contributed by atoms with van der Waals surface area (Å²) in [6.45, 7) is 4.38. The summed E-state index contributed by atoms with van der Waals surface area (Å²) in [5.74, 6) is 0.560. The SMILES string of the molecule is COc1ccc(CNC(=O)c2cccc(C)c2C)cc1N. The van der Waals surface area contributed by atoms with Gasteiger partial charge >= 0.3 is 0 Å². The number of carbonyl (C=O) groups is 1. The van der Waals surface area contributed by atoms with Crippen molar-refractivity contribution < 1.29 is 9.53 Å². The molecule has 0 heterocycles. The second-order valence-corrected chi connectivity index (χ2v) is 5.01. The van der Waals surface area contributed by atoms with Gasteiger partial charge < -0.3 is 15.8 Å². The maximum absolute atomic E-state index is 12.2. The number of benzene rings is 2. The Morgan fingerprint density at radius 1 is 1.24 bits per heavy atom. The number of anilines is 1. The normalized spacial score (nSPS) is 10.2. The maximum atomic E-state index is 12.2. The summed E-state index contributed by atoms with van der Waals surface area (Å²) in [4.78, 5) is 12.2. The van der Waals surface area contributed by atoms with Gasteiger partial charge in [-0.25, -0.2) is 0 Å². The summed E-state index contributed by atoms with van der Waals surface area (Å²) in [5.41, 5.74) is 10.2. The molecule has 0 fully saturated rings. The molecule has 0 radical (unpaired) electrons. The Hall–Kier alpha value is -2.49. The van der Waals surface area contributed by atoms with Crippen molar-refractivity contribution in [3.63, 3.8) is 0 Å². The number of aryl methyl sites for hydroxylation is 1. The number of methoxy groups -OCH3 is 1. The largest absolute Gasteiger partial charge is 0.495 e. The highest BCUT2D eigenvalue weighted by Crippen LogP contribution is 2.21. The standard InChI is InChI=1S/C17H20N2O2/c1-11-5-4-6-14(12(11)2)17(20)19-10-13-7-8-16(21-3)15(18)9-13/h4-9H,10,18H2,1-3H3,(H,19,20). The van der Waals surface area contributed by atoms with Crippen molar-refractivity contribution in [2.24, 2.45) is 0 Å². The van der Waals surface area contributed by atoms with Crippen molar-refractivity contribution in [2.45, 2.75) is 20.4 Å². The zero-order chi connectivity index (χ0) is 15.4. The van der Waals surface area contributed by atoms with E-state index in [9.17, 15) is 4.79 Å². The Labute approximate surface area is 124 Å². The number of ether oxygens (including phenoxy) is 1. The lowest BCUT2D eigenvalue weighted by Crippen LogP contribution is -2.23. The minimum absolute atomic E-state index is 0.0782. The third kappa shape index (κ3) is 3.34. The molecule has 0 aliphatic carbocycles. The lowest BCUT2D eigenvalue weighted by molar-refractivity contribution is 0.0950. The fourth-order valence-corrected chi connectivity index (χ4v) is 2.17. The predicted octanol–water partition coefficient (Wildman–Crippen LogP) is 2.82. The first-order chi connectivity index (χ1) is 10.0. The molecule has 0 aliphatic heterocycles. The van der Waals surface area contributed by atoms with E-state index in [1.54, 1.807) is 13.2 Å². The van der Waals surface area contributed by atoms with Crippen LogP contribution in [0.4, 0.5) is 5.69 Å². The average molecular weight is 284 g/mol. The molecule has 0 spiro atoms. The summed E-state index contributed by atoms with van der Waals surface area (Å²) in [5, 5.41) is 2.91. The topological polar surface area (TPSA) is 64.3 Å². The third-order valence-corrected chi connectivity index (χ3v) is 3.60. The van der Waals surface area contributed by atoms with Crippen molar-refractivity contribution in [1.82, 2.24) is 5.32 Å². The lowest BCUT2D eigenvalue weighted by Gasteiger charge is -2.11. The highest BCUT2D eigenvalue weighted by atomic mass is 16.5. The van der Waals surface area contributed by atoms with Crippen molar-refractivity contribution in [2.75, 3.05) is 12.8 Å². The number of nitrogens with one attached hydrogen (secondary N) is 1. The van der Waals surface area contributed by atoms with E-state index < -0.39 is 0 Å². The summed E-state index contributed by atoms with van der Waals surface area (Å²) in [6, 6.07) is 11.2. The van der Waals surface area contributed by atoms with Crippen LogP contribution in [-0.2, 0) is 6.54 Å². The molecular formula is C17H20N2O2. The highest BCUT2D eigenvalue weighted by Gasteiger charge is 2.10. The first-order valence-corrected chi connectivity index (χ1v) is 6.79. The lowest BCUT2D eigenvalue weighted by atomic mass is 10.0. The quantitative estimate of drug-likeness (QED) is 0.849. The van der Waals surface area contributed by atoms with Crippen LogP contribution in [0.1, 0.15) is 27.0 Å². The second-order valence-electron chi connectivity index (χ2n) is 5.01. The van der Waals surface area contributed by atoms with E-state index in [-0.39, 0.29) is 5.91 Å². The van der Waals surface area contributed by atoms with E-state index in [0.29, 0.717) is 23.5 Å². The van der Waals surface area contributed by atoms with Gasteiger partial charge in [0.15, 0.2) is 0 Å². The molecule has 0 saturated heterocycles. The van der Waals surface area contributed by atoms with E-state index in [1.165, 1.54) is 0 Å². The smallest absolute Gasteiger partial charge is 0.251 e. The highest BCUT2D eigenvalue weighted by molar-refractivity contribution is 5.95. The van der Waals surface area contributed by atoms with E-state index in [1.807, 2.05) is 44.2 Å². The van der Waals surface area contributed by atoms with Crippen LogP contribution in [0.2, 0.25) is 0 Å². The van der Waals surface area contributed by atoms with Gasteiger partial charge in [-0.15, -0.1) is 0 Å². The van der Waals surface area contributed by atoms with Gasteiger partial charge in [-0.05, 0) is 48.7 Å². The Bertz CT molecular complexity index is 666. The van der Waals surface area contributed by atoms with E-state index >= 15 is 0 Å². The van der Waals surface area contributed by atoms with Gasteiger partial charge in [0.2, 0.25) is 0 Å². The van der Waals surface area contributed by atoms with Crippen LogP contribution in [0.3, 0.4) is 0 Å².